The Labute approximate surface area is 119 Å². The molecular formula is C15H21N3O2. The van der Waals surface area contributed by atoms with Crippen molar-refractivity contribution in [3.63, 3.8) is 0 Å². The van der Waals surface area contributed by atoms with Gasteiger partial charge in [-0.3, -0.25) is 4.68 Å². The minimum absolute atomic E-state index is 0.439. The summed E-state index contributed by atoms with van der Waals surface area (Å²) in [6.07, 6.45) is 4.69. The Morgan fingerprint density at radius 2 is 2.20 bits per heavy atom. The van der Waals surface area contributed by atoms with Crippen LogP contribution in [0.2, 0.25) is 0 Å². The molecule has 2 N–H and O–H groups in total. The van der Waals surface area contributed by atoms with Gasteiger partial charge in [0.1, 0.15) is 12.4 Å². The van der Waals surface area contributed by atoms with E-state index in [2.05, 4.69) is 12.0 Å². The van der Waals surface area contributed by atoms with Crippen molar-refractivity contribution in [1.82, 2.24) is 9.78 Å². The predicted molar refractivity (Wildman–Crippen MR) is 77.7 cm³/mol. The monoisotopic (exact) mass is 275 g/mol. The lowest BCUT2D eigenvalue weighted by Gasteiger charge is -2.10. The molecule has 0 aliphatic rings. The number of hydrogen-bond donors (Lipinski definition) is 1. The van der Waals surface area contributed by atoms with Crippen LogP contribution in [-0.2, 0) is 19.7 Å². The second kappa shape index (κ2) is 6.96. The summed E-state index contributed by atoms with van der Waals surface area (Å²) in [6.45, 7) is 3.96. The number of aryl methyl sites for hydroxylation is 1. The molecule has 0 bridgehead atoms. The van der Waals surface area contributed by atoms with Crippen LogP contribution in [0.3, 0.4) is 0 Å². The Balaban J connectivity index is 2.05. The van der Waals surface area contributed by atoms with Crippen LogP contribution in [0.5, 0.6) is 11.5 Å². The minimum Gasteiger partial charge on any atom is -0.496 e. The van der Waals surface area contributed by atoms with Gasteiger partial charge in [0.2, 0.25) is 0 Å². The average Bonchev–Trinajstić information content (AvgIpc) is 2.93. The third kappa shape index (κ3) is 3.51. The van der Waals surface area contributed by atoms with Crippen molar-refractivity contribution in [2.75, 3.05) is 7.11 Å². The fraction of sp³-hybridized carbons (Fsp3) is 0.400. The van der Waals surface area contributed by atoms with Crippen LogP contribution in [-0.4, -0.2) is 16.9 Å². The maximum Gasteiger partial charge on any atom is 0.157 e. The van der Waals surface area contributed by atoms with Crippen molar-refractivity contribution in [2.45, 2.75) is 33.0 Å². The van der Waals surface area contributed by atoms with E-state index in [4.69, 9.17) is 15.2 Å². The molecule has 0 aliphatic heterocycles. The number of rotatable bonds is 7. The van der Waals surface area contributed by atoms with Gasteiger partial charge in [0, 0.05) is 18.7 Å². The number of benzene rings is 1. The summed E-state index contributed by atoms with van der Waals surface area (Å²) in [5.74, 6) is 1.57. The molecule has 0 spiro atoms. The zero-order valence-corrected chi connectivity index (χ0v) is 12.0. The molecule has 108 valence electrons. The van der Waals surface area contributed by atoms with Gasteiger partial charge >= 0.3 is 0 Å². The molecule has 0 fully saturated rings. The lowest BCUT2D eigenvalue weighted by atomic mass is 10.1. The Hall–Kier alpha value is -2.01. The van der Waals surface area contributed by atoms with E-state index in [1.165, 1.54) is 0 Å². The van der Waals surface area contributed by atoms with Crippen LogP contribution in [0.15, 0.2) is 30.6 Å². The first-order valence-electron chi connectivity index (χ1n) is 6.78. The van der Waals surface area contributed by atoms with E-state index in [0.29, 0.717) is 13.2 Å². The van der Waals surface area contributed by atoms with Gasteiger partial charge in [-0.15, -0.1) is 0 Å². The smallest absolute Gasteiger partial charge is 0.157 e. The summed E-state index contributed by atoms with van der Waals surface area (Å²) in [7, 11) is 1.65. The summed E-state index contributed by atoms with van der Waals surface area (Å²) in [6, 6.07) is 5.89. The Morgan fingerprint density at radius 1 is 1.35 bits per heavy atom. The number of hydrogen-bond acceptors (Lipinski definition) is 4. The first-order valence-corrected chi connectivity index (χ1v) is 6.78. The number of nitrogens with zero attached hydrogens (tertiary/aromatic N) is 2. The van der Waals surface area contributed by atoms with E-state index in [-0.39, 0.29) is 0 Å². The second-order valence-electron chi connectivity index (χ2n) is 4.58. The van der Waals surface area contributed by atoms with Crippen LogP contribution < -0.4 is 15.2 Å². The molecule has 0 saturated carbocycles. The molecule has 0 amide bonds. The standard InChI is InChI=1S/C15H21N3O2/c1-3-6-18-10-14(9-17-18)20-11-13-7-12(8-16)4-5-15(13)19-2/h4-5,7,9-10H,3,6,8,11,16H2,1-2H3. The Bertz CT molecular complexity index is 552. The topological polar surface area (TPSA) is 62.3 Å². The molecular weight excluding hydrogens is 254 g/mol. The van der Waals surface area contributed by atoms with Crippen molar-refractivity contribution in [2.24, 2.45) is 5.73 Å². The maximum absolute atomic E-state index is 5.76. The highest BCUT2D eigenvalue weighted by atomic mass is 16.5. The van der Waals surface area contributed by atoms with Crippen LogP contribution in [0.4, 0.5) is 0 Å². The van der Waals surface area contributed by atoms with E-state index < -0.39 is 0 Å². The van der Waals surface area contributed by atoms with Crippen molar-refractivity contribution in [1.29, 1.82) is 0 Å². The first kappa shape index (κ1) is 14.4. The Kier molecular flexibility index (Phi) is 5.01. The molecule has 1 aromatic carbocycles. The van der Waals surface area contributed by atoms with Crippen molar-refractivity contribution >= 4 is 0 Å². The average molecular weight is 275 g/mol. The van der Waals surface area contributed by atoms with E-state index >= 15 is 0 Å². The summed E-state index contributed by atoms with van der Waals surface area (Å²) < 4.78 is 13.0. The number of methoxy groups -OCH3 is 1. The number of aromatic nitrogens is 2. The zero-order chi connectivity index (χ0) is 14.4. The third-order valence-corrected chi connectivity index (χ3v) is 3.04. The molecule has 5 nitrogen and oxygen atoms in total. The van der Waals surface area contributed by atoms with Gasteiger partial charge in [0.05, 0.1) is 19.5 Å². The molecule has 2 aromatic rings. The lowest BCUT2D eigenvalue weighted by Crippen LogP contribution is -2.02. The molecule has 0 saturated heterocycles. The van der Waals surface area contributed by atoms with E-state index in [0.717, 1.165) is 35.6 Å². The van der Waals surface area contributed by atoms with Gasteiger partial charge in [-0.05, 0) is 24.1 Å². The minimum atomic E-state index is 0.439. The highest BCUT2D eigenvalue weighted by molar-refractivity contribution is 5.37. The molecule has 20 heavy (non-hydrogen) atoms. The predicted octanol–water partition coefficient (Wildman–Crippen LogP) is 2.34. The van der Waals surface area contributed by atoms with Gasteiger partial charge in [0.15, 0.2) is 5.75 Å². The van der Waals surface area contributed by atoms with Crippen molar-refractivity contribution in [3.8, 4) is 11.5 Å². The molecule has 0 atom stereocenters. The van der Waals surface area contributed by atoms with Gasteiger partial charge in [-0.25, -0.2) is 0 Å². The molecule has 5 heteroatoms. The quantitative estimate of drug-likeness (QED) is 0.842. The van der Waals surface area contributed by atoms with Gasteiger partial charge in [0.25, 0.3) is 0 Å². The summed E-state index contributed by atoms with van der Waals surface area (Å²) in [4.78, 5) is 0. The summed E-state index contributed by atoms with van der Waals surface area (Å²) in [5, 5.41) is 4.23. The second-order valence-corrected chi connectivity index (χ2v) is 4.58. The molecule has 1 aromatic heterocycles. The largest absolute Gasteiger partial charge is 0.496 e. The Morgan fingerprint density at radius 3 is 2.90 bits per heavy atom. The molecule has 0 aliphatic carbocycles. The normalized spacial score (nSPS) is 10.6. The SMILES string of the molecule is CCCn1cc(OCc2cc(CN)ccc2OC)cn1. The lowest BCUT2D eigenvalue weighted by molar-refractivity contribution is 0.296. The number of nitrogens with two attached hydrogens (primary N) is 1. The van der Waals surface area contributed by atoms with Gasteiger partial charge in [-0.2, -0.15) is 5.10 Å². The van der Waals surface area contributed by atoms with Crippen LogP contribution in [0, 0.1) is 0 Å². The third-order valence-electron chi connectivity index (χ3n) is 3.04. The highest BCUT2D eigenvalue weighted by Crippen LogP contribution is 2.22. The van der Waals surface area contributed by atoms with Crippen molar-refractivity contribution in [3.05, 3.63) is 41.7 Å². The summed E-state index contributed by atoms with van der Waals surface area (Å²) >= 11 is 0. The van der Waals surface area contributed by atoms with Gasteiger partial charge < -0.3 is 15.2 Å². The van der Waals surface area contributed by atoms with Crippen LogP contribution in [0.25, 0.3) is 0 Å². The molecule has 0 radical (unpaired) electrons. The zero-order valence-electron chi connectivity index (χ0n) is 12.0. The van der Waals surface area contributed by atoms with Gasteiger partial charge in [-0.1, -0.05) is 13.0 Å². The number of ether oxygens (including phenoxy) is 2. The maximum atomic E-state index is 5.76. The molecule has 0 unspecified atom stereocenters. The van der Waals surface area contributed by atoms with E-state index in [1.54, 1.807) is 13.3 Å². The molecule has 2 rings (SSSR count). The fourth-order valence-corrected chi connectivity index (χ4v) is 2.00. The molecule has 1 heterocycles. The van der Waals surface area contributed by atoms with Crippen LogP contribution in [0.1, 0.15) is 24.5 Å². The van der Waals surface area contributed by atoms with E-state index in [9.17, 15) is 0 Å². The fourth-order valence-electron chi connectivity index (χ4n) is 2.00. The van der Waals surface area contributed by atoms with E-state index in [1.807, 2.05) is 29.1 Å². The first-order chi connectivity index (χ1) is 9.76. The highest BCUT2D eigenvalue weighted by Gasteiger charge is 2.06. The summed E-state index contributed by atoms with van der Waals surface area (Å²) in [5.41, 5.74) is 7.71. The van der Waals surface area contributed by atoms with Crippen molar-refractivity contribution < 1.29 is 9.47 Å². The van der Waals surface area contributed by atoms with Crippen LogP contribution >= 0.6 is 0 Å².